The zero-order valence-electron chi connectivity index (χ0n) is 14.7. The van der Waals surface area contributed by atoms with Gasteiger partial charge in [0, 0.05) is 5.56 Å². The molecule has 9 heteroatoms. The van der Waals surface area contributed by atoms with Crippen molar-refractivity contribution in [1.82, 2.24) is 4.98 Å². The van der Waals surface area contributed by atoms with Crippen LogP contribution in [0.5, 0.6) is 0 Å². The van der Waals surface area contributed by atoms with Crippen molar-refractivity contribution in [3.8, 4) is 22.3 Å². The van der Waals surface area contributed by atoms with Crippen LogP contribution in [-0.4, -0.2) is 38.2 Å². The van der Waals surface area contributed by atoms with Crippen molar-refractivity contribution >= 4 is 23.7 Å². The fraction of sp³-hybridized carbons (Fsp3) is 0. The summed E-state index contributed by atoms with van der Waals surface area (Å²) in [6, 6.07) is 12.0. The van der Waals surface area contributed by atoms with E-state index in [0.29, 0.717) is 11.1 Å². The molecular formula is C20H14N2O7. The zero-order chi connectivity index (χ0) is 21.3. The molecule has 0 radical (unpaired) electrons. The number of pyridine rings is 1. The molecule has 6 N–H and O–H groups in total. The summed E-state index contributed by atoms with van der Waals surface area (Å²) in [5.41, 5.74) is 3.75. The predicted octanol–water partition coefficient (Wildman–Crippen LogP) is 2.39. The Morgan fingerprint density at radius 3 is 2.00 bits per heavy atom. The molecule has 29 heavy (non-hydrogen) atoms. The van der Waals surface area contributed by atoms with Crippen LogP contribution in [0.3, 0.4) is 0 Å². The van der Waals surface area contributed by atoms with E-state index in [1.807, 2.05) is 4.98 Å². The number of nitrogens with one attached hydrogen (secondary N) is 1. The second-order valence-corrected chi connectivity index (χ2v) is 6.03. The van der Waals surface area contributed by atoms with Crippen LogP contribution in [0.4, 0.5) is 5.82 Å². The number of carboxylic acid groups (broad SMARTS) is 3. The minimum atomic E-state index is -1.63. The highest BCUT2D eigenvalue weighted by molar-refractivity contribution is 6.09. The molecule has 0 unspecified atom stereocenters. The number of hydrogen-bond acceptors (Lipinski definition) is 5. The summed E-state index contributed by atoms with van der Waals surface area (Å²) in [6.07, 6.45) is 0. The van der Waals surface area contributed by atoms with Crippen molar-refractivity contribution in [2.24, 2.45) is 0 Å². The van der Waals surface area contributed by atoms with Crippen LogP contribution in [0.15, 0.2) is 53.3 Å². The SMILES string of the molecule is Nc1[nH]c(=O)c(C(=O)O)c(-c2ccccc2-c2cccc(C(=O)O)c2)c1C(=O)O. The van der Waals surface area contributed by atoms with E-state index >= 15 is 0 Å². The Labute approximate surface area is 162 Å². The largest absolute Gasteiger partial charge is 0.478 e. The van der Waals surface area contributed by atoms with Crippen molar-refractivity contribution in [2.75, 3.05) is 5.73 Å². The van der Waals surface area contributed by atoms with Crippen molar-refractivity contribution in [3.05, 3.63) is 75.6 Å². The van der Waals surface area contributed by atoms with E-state index in [1.165, 1.54) is 30.3 Å². The van der Waals surface area contributed by atoms with E-state index in [-0.39, 0.29) is 16.7 Å². The van der Waals surface area contributed by atoms with Gasteiger partial charge in [0.25, 0.3) is 5.56 Å². The number of nitrogens with two attached hydrogens (primary N) is 1. The first-order valence-corrected chi connectivity index (χ1v) is 8.17. The molecule has 0 saturated heterocycles. The Bertz CT molecular complexity index is 1230. The van der Waals surface area contributed by atoms with Crippen LogP contribution in [0.1, 0.15) is 31.1 Å². The van der Waals surface area contributed by atoms with Crippen LogP contribution in [0, 0.1) is 0 Å². The molecule has 1 heterocycles. The Hall–Kier alpha value is -4.40. The van der Waals surface area contributed by atoms with Crippen LogP contribution in [0.2, 0.25) is 0 Å². The summed E-state index contributed by atoms with van der Waals surface area (Å²) in [5.74, 6) is -4.80. The number of carboxylic acids is 3. The lowest BCUT2D eigenvalue weighted by Crippen LogP contribution is -2.24. The van der Waals surface area contributed by atoms with E-state index in [9.17, 15) is 34.5 Å². The van der Waals surface area contributed by atoms with Gasteiger partial charge in [0.15, 0.2) is 0 Å². The Morgan fingerprint density at radius 2 is 1.41 bits per heavy atom. The number of nitrogen functional groups attached to an aromatic ring is 1. The summed E-state index contributed by atoms with van der Waals surface area (Å²) in [5, 5.41) is 28.4. The van der Waals surface area contributed by atoms with Crippen LogP contribution >= 0.6 is 0 Å². The number of anilines is 1. The number of benzene rings is 2. The van der Waals surface area contributed by atoms with Gasteiger partial charge >= 0.3 is 17.9 Å². The van der Waals surface area contributed by atoms with Gasteiger partial charge in [-0.25, -0.2) is 14.4 Å². The first-order chi connectivity index (χ1) is 13.7. The molecule has 0 bridgehead atoms. The second-order valence-electron chi connectivity index (χ2n) is 6.03. The van der Waals surface area contributed by atoms with Gasteiger partial charge in [-0.2, -0.15) is 0 Å². The third kappa shape index (κ3) is 3.44. The number of H-pyrrole nitrogens is 1. The molecule has 3 rings (SSSR count). The van der Waals surface area contributed by atoms with Crippen LogP contribution in [0.25, 0.3) is 22.3 Å². The topological polar surface area (TPSA) is 171 Å². The molecule has 3 aromatic rings. The van der Waals surface area contributed by atoms with Crippen molar-refractivity contribution in [3.63, 3.8) is 0 Å². The van der Waals surface area contributed by atoms with Gasteiger partial charge in [0.2, 0.25) is 0 Å². The maximum Gasteiger partial charge on any atom is 0.342 e. The second kappa shape index (κ2) is 7.31. The zero-order valence-corrected chi connectivity index (χ0v) is 14.7. The number of aromatic nitrogens is 1. The molecule has 146 valence electrons. The Morgan fingerprint density at radius 1 is 0.793 bits per heavy atom. The molecule has 0 aliphatic rings. The van der Waals surface area contributed by atoms with Crippen molar-refractivity contribution in [1.29, 1.82) is 0 Å². The minimum Gasteiger partial charge on any atom is -0.478 e. The van der Waals surface area contributed by atoms with Gasteiger partial charge in [-0.15, -0.1) is 0 Å². The van der Waals surface area contributed by atoms with E-state index in [4.69, 9.17) is 5.73 Å². The van der Waals surface area contributed by atoms with Gasteiger partial charge in [-0.3, -0.25) is 4.79 Å². The number of carbonyl (C=O) groups is 3. The van der Waals surface area contributed by atoms with E-state index in [1.54, 1.807) is 18.2 Å². The quantitative estimate of drug-likeness (QED) is 0.439. The third-order valence-corrected chi connectivity index (χ3v) is 4.29. The fourth-order valence-electron chi connectivity index (χ4n) is 3.09. The standard InChI is InChI=1S/C20H14N2O7/c21-16-14(19(26)27)13(15(20(28)29)17(23)22-16)12-7-2-1-6-11(12)9-4-3-5-10(8-9)18(24)25/h1-8H,(H,24,25)(H,26,27)(H,28,29)(H3,21,22,23). The molecule has 0 fully saturated rings. The van der Waals surface area contributed by atoms with Gasteiger partial charge < -0.3 is 26.0 Å². The van der Waals surface area contributed by atoms with Crippen molar-refractivity contribution in [2.45, 2.75) is 0 Å². The lowest BCUT2D eigenvalue weighted by molar-refractivity contribution is 0.0682. The van der Waals surface area contributed by atoms with Gasteiger partial charge in [0.05, 0.1) is 5.56 Å². The normalized spacial score (nSPS) is 10.5. The average Bonchev–Trinajstić information content (AvgIpc) is 2.66. The molecular weight excluding hydrogens is 380 g/mol. The summed E-state index contributed by atoms with van der Waals surface area (Å²) < 4.78 is 0. The van der Waals surface area contributed by atoms with Gasteiger partial charge in [0.1, 0.15) is 16.9 Å². The lowest BCUT2D eigenvalue weighted by Gasteiger charge is -2.16. The average molecular weight is 394 g/mol. The fourth-order valence-corrected chi connectivity index (χ4v) is 3.09. The summed E-state index contributed by atoms with van der Waals surface area (Å²) in [6.45, 7) is 0. The number of hydrogen-bond donors (Lipinski definition) is 5. The molecule has 0 spiro atoms. The Kier molecular flexibility index (Phi) is 4.88. The maximum atomic E-state index is 12.3. The number of rotatable bonds is 5. The van der Waals surface area contributed by atoms with E-state index in [0.717, 1.165) is 0 Å². The lowest BCUT2D eigenvalue weighted by atomic mass is 9.89. The predicted molar refractivity (Wildman–Crippen MR) is 103 cm³/mol. The monoisotopic (exact) mass is 394 g/mol. The number of aromatic amines is 1. The first kappa shape index (κ1) is 19.4. The smallest absolute Gasteiger partial charge is 0.342 e. The summed E-state index contributed by atoms with van der Waals surface area (Å²) in [7, 11) is 0. The highest BCUT2D eigenvalue weighted by Crippen LogP contribution is 2.37. The van der Waals surface area contributed by atoms with Crippen LogP contribution < -0.4 is 11.3 Å². The summed E-state index contributed by atoms with van der Waals surface area (Å²) >= 11 is 0. The molecule has 0 atom stereocenters. The summed E-state index contributed by atoms with van der Waals surface area (Å²) in [4.78, 5) is 49.2. The maximum absolute atomic E-state index is 12.3. The molecule has 0 aliphatic carbocycles. The first-order valence-electron chi connectivity index (χ1n) is 8.17. The molecule has 1 aromatic heterocycles. The van der Waals surface area contributed by atoms with E-state index < -0.39 is 40.4 Å². The minimum absolute atomic E-state index is 0.0142. The Balaban J connectivity index is 2.45. The van der Waals surface area contributed by atoms with E-state index in [2.05, 4.69) is 0 Å². The molecule has 9 nitrogen and oxygen atoms in total. The van der Waals surface area contributed by atoms with Gasteiger partial charge in [-0.1, -0.05) is 36.4 Å². The van der Waals surface area contributed by atoms with Gasteiger partial charge in [-0.05, 0) is 28.8 Å². The molecule has 2 aromatic carbocycles. The van der Waals surface area contributed by atoms with Crippen LogP contribution in [-0.2, 0) is 0 Å². The van der Waals surface area contributed by atoms with Crippen molar-refractivity contribution < 1.29 is 29.7 Å². The molecule has 0 amide bonds. The molecule has 0 aliphatic heterocycles. The number of aromatic carboxylic acids is 3. The third-order valence-electron chi connectivity index (χ3n) is 4.29. The molecule has 0 saturated carbocycles. The highest BCUT2D eigenvalue weighted by Gasteiger charge is 2.28. The highest BCUT2D eigenvalue weighted by atomic mass is 16.4.